The third-order valence-electron chi connectivity index (χ3n) is 3.04. The quantitative estimate of drug-likeness (QED) is 0.736. The highest BCUT2D eigenvalue weighted by atomic mass is 19.4. The topological polar surface area (TPSA) is 26.0 Å². The van der Waals surface area contributed by atoms with Crippen molar-refractivity contribution in [3.63, 3.8) is 0 Å². The number of nitrogens with two attached hydrogens (primary N) is 1. The van der Waals surface area contributed by atoms with Gasteiger partial charge in [0.1, 0.15) is 0 Å². The molecule has 0 amide bonds. The Morgan fingerprint density at radius 2 is 1.69 bits per heavy atom. The van der Waals surface area contributed by atoms with Gasteiger partial charge < -0.3 is 5.73 Å². The SMILES string of the molecule is NCC1(CCC(F)(F)F)CCCC1. The molecule has 1 fully saturated rings. The molecule has 1 nitrogen and oxygen atoms in total. The van der Waals surface area contributed by atoms with Crippen LogP contribution < -0.4 is 5.73 Å². The van der Waals surface area contributed by atoms with Crippen molar-refractivity contribution in [2.24, 2.45) is 11.1 Å². The lowest BCUT2D eigenvalue weighted by atomic mass is 9.81. The van der Waals surface area contributed by atoms with Gasteiger partial charge in [0.25, 0.3) is 0 Å². The first kappa shape index (κ1) is 10.8. The van der Waals surface area contributed by atoms with Gasteiger partial charge in [0.2, 0.25) is 0 Å². The van der Waals surface area contributed by atoms with Crippen LogP contribution in [0.4, 0.5) is 13.2 Å². The molecule has 1 aliphatic rings. The summed E-state index contributed by atoms with van der Waals surface area (Å²) in [5, 5.41) is 0. The molecule has 0 bridgehead atoms. The molecule has 0 aromatic rings. The zero-order valence-electron chi connectivity index (χ0n) is 7.66. The molecular weight excluding hydrogens is 179 g/mol. The van der Waals surface area contributed by atoms with E-state index in [4.69, 9.17) is 5.73 Å². The Labute approximate surface area is 76.5 Å². The van der Waals surface area contributed by atoms with Gasteiger partial charge in [-0.2, -0.15) is 13.2 Å². The Bertz CT molecular complexity index is 159. The van der Waals surface area contributed by atoms with Crippen LogP contribution in [-0.2, 0) is 0 Å². The minimum Gasteiger partial charge on any atom is -0.330 e. The maximum absolute atomic E-state index is 12.0. The fourth-order valence-electron chi connectivity index (χ4n) is 2.09. The van der Waals surface area contributed by atoms with Crippen LogP contribution in [0.2, 0.25) is 0 Å². The first-order valence-electron chi connectivity index (χ1n) is 4.74. The molecule has 0 heterocycles. The predicted molar refractivity (Wildman–Crippen MR) is 45.2 cm³/mol. The second-order valence-corrected chi connectivity index (χ2v) is 4.03. The zero-order chi connectivity index (χ0) is 9.95. The minimum absolute atomic E-state index is 0.199. The summed E-state index contributed by atoms with van der Waals surface area (Å²) in [6.07, 6.45) is -0.661. The van der Waals surface area contributed by atoms with Crippen LogP contribution in [-0.4, -0.2) is 12.7 Å². The standard InChI is InChI=1S/C9H16F3N/c10-9(11,12)6-5-8(7-13)3-1-2-4-8/h1-7,13H2. The molecule has 1 aliphatic carbocycles. The molecule has 78 valence electrons. The summed E-state index contributed by atoms with van der Waals surface area (Å²) in [7, 11) is 0. The fourth-order valence-corrected chi connectivity index (χ4v) is 2.09. The Morgan fingerprint density at radius 3 is 2.08 bits per heavy atom. The molecule has 0 unspecified atom stereocenters. The van der Waals surface area contributed by atoms with Crippen LogP contribution in [0.15, 0.2) is 0 Å². The molecule has 0 atom stereocenters. The molecule has 1 saturated carbocycles. The molecule has 0 spiro atoms. The van der Waals surface area contributed by atoms with E-state index in [9.17, 15) is 13.2 Å². The molecule has 0 aliphatic heterocycles. The van der Waals surface area contributed by atoms with Gasteiger partial charge in [0.05, 0.1) is 0 Å². The molecule has 0 saturated heterocycles. The predicted octanol–water partition coefficient (Wildman–Crippen LogP) is 2.85. The maximum atomic E-state index is 12.0. The van der Waals surface area contributed by atoms with Crippen molar-refractivity contribution in [3.05, 3.63) is 0 Å². The van der Waals surface area contributed by atoms with Crippen molar-refractivity contribution in [2.45, 2.75) is 44.7 Å². The van der Waals surface area contributed by atoms with Crippen molar-refractivity contribution in [2.75, 3.05) is 6.54 Å². The summed E-state index contributed by atoms with van der Waals surface area (Å²) < 4.78 is 35.9. The van der Waals surface area contributed by atoms with E-state index in [1.807, 2.05) is 0 Å². The van der Waals surface area contributed by atoms with Crippen molar-refractivity contribution >= 4 is 0 Å². The number of halogens is 3. The minimum atomic E-state index is -4.02. The second-order valence-electron chi connectivity index (χ2n) is 4.03. The number of hydrogen-bond donors (Lipinski definition) is 1. The highest BCUT2D eigenvalue weighted by Gasteiger charge is 2.37. The normalized spacial score (nSPS) is 22.2. The number of rotatable bonds is 3. The third-order valence-corrected chi connectivity index (χ3v) is 3.04. The van der Waals surface area contributed by atoms with Crippen molar-refractivity contribution in [1.29, 1.82) is 0 Å². The molecular formula is C9H16F3N. The summed E-state index contributed by atoms with van der Waals surface area (Å²) in [5.41, 5.74) is 5.33. The van der Waals surface area contributed by atoms with Gasteiger partial charge in [0, 0.05) is 6.42 Å². The lowest BCUT2D eigenvalue weighted by molar-refractivity contribution is -0.140. The average molecular weight is 195 g/mol. The van der Waals surface area contributed by atoms with Crippen molar-refractivity contribution < 1.29 is 13.2 Å². The first-order chi connectivity index (χ1) is 5.97. The summed E-state index contributed by atoms with van der Waals surface area (Å²) in [6.45, 7) is 0.406. The van der Waals surface area contributed by atoms with Gasteiger partial charge in [0.15, 0.2) is 0 Å². The van der Waals surface area contributed by atoms with Gasteiger partial charge in [-0.15, -0.1) is 0 Å². The summed E-state index contributed by atoms with van der Waals surface area (Å²) >= 11 is 0. The molecule has 0 aromatic carbocycles. The highest BCUT2D eigenvalue weighted by molar-refractivity contribution is 4.85. The second kappa shape index (κ2) is 3.86. The van der Waals surface area contributed by atoms with Crippen LogP contribution in [0, 0.1) is 5.41 Å². The number of alkyl halides is 3. The zero-order valence-corrected chi connectivity index (χ0v) is 7.66. The van der Waals surface area contributed by atoms with Gasteiger partial charge in [-0.25, -0.2) is 0 Å². The van der Waals surface area contributed by atoms with Crippen LogP contribution in [0.5, 0.6) is 0 Å². The molecule has 0 radical (unpaired) electrons. The van der Waals surface area contributed by atoms with Crippen LogP contribution >= 0.6 is 0 Å². The number of hydrogen-bond acceptors (Lipinski definition) is 1. The van der Waals surface area contributed by atoms with E-state index < -0.39 is 12.6 Å². The average Bonchev–Trinajstić information content (AvgIpc) is 2.49. The molecule has 0 aromatic heterocycles. The maximum Gasteiger partial charge on any atom is 0.389 e. The fraction of sp³-hybridized carbons (Fsp3) is 1.00. The van der Waals surface area contributed by atoms with E-state index in [0.717, 1.165) is 25.7 Å². The van der Waals surface area contributed by atoms with Gasteiger partial charge in [-0.3, -0.25) is 0 Å². The summed E-state index contributed by atoms with van der Waals surface area (Å²) in [6, 6.07) is 0. The summed E-state index contributed by atoms with van der Waals surface area (Å²) in [4.78, 5) is 0. The van der Waals surface area contributed by atoms with Crippen LogP contribution in [0.3, 0.4) is 0 Å². The largest absolute Gasteiger partial charge is 0.389 e. The molecule has 4 heteroatoms. The third kappa shape index (κ3) is 3.18. The van der Waals surface area contributed by atoms with Gasteiger partial charge in [-0.1, -0.05) is 12.8 Å². The Kier molecular flexibility index (Phi) is 3.22. The first-order valence-corrected chi connectivity index (χ1v) is 4.74. The van der Waals surface area contributed by atoms with E-state index in [0.29, 0.717) is 6.54 Å². The van der Waals surface area contributed by atoms with Gasteiger partial charge >= 0.3 is 6.18 Å². The van der Waals surface area contributed by atoms with E-state index >= 15 is 0 Å². The smallest absolute Gasteiger partial charge is 0.330 e. The Balaban J connectivity index is 2.40. The molecule has 13 heavy (non-hydrogen) atoms. The van der Waals surface area contributed by atoms with Gasteiger partial charge in [-0.05, 0) is 31.2 Å². The molecule has 1 rings (SSSR count). The highest BCUT2D eigenvalue weighted by Crippen LogP contribution is 2.42. The lowest BCUT2D eigenvalue weighted by Crippen LogP contribution is -2.29. The summed E-state index contributed by atoms with van der Waals surface area (Å²) in [5.74, 6) is 0. The Hall–Kier alpha value is -0.250. The van der Waals surface area contributed by atoms with Crippen molar-refractivity contribution in [3.8, 4) is 0 Å². The van der Waals surface area contributed by atoms with E-state index in [1.54, 1.807) is 0 Å². The van der Waals surface area contributed by atoms with E-state index in [1.165, 1.54) is 0 Å². The van der Waals surface area contributed by atoms with Crippen LogP contribution in [0.1, 0.15) is 38.5 Å². The molecule has 2 N–H and O–H groups in total. The monoisotopic (exact) mass is 195 g/mol. The van der Waals surface area contributed by atoms with Crippen molar-refractivity contribution in [1.82, 2.24) is 0 Å². The Morgan fingerprint density at radius 1 is 1.15 bits per heavy atom. The van der Waals surface area contributed by atoms with E-state index in [2.05, 4.69) is 0 Å². The van der Waals surface area contributed by atoms with Crippen LogP contribution in [0.25, 0.3) is 0 Å². The lowest BCUT2D eigenvalue weighted by Gasteiger charge is -2.27. The van der Waals surface area contributed by atoms with E-state index in [-0.39, 0.29) is 11.8 Å².